The van der Waals surface area contributed by atoms with E-state index in [4.69, 9.17) is 5.14 Å². The van der Waals surface area contributed by atoms with Crippen molar-refractivity contribution < 1.29 is 13.2 Å². The molecule has 3 N–H and O–H groups in total. The van der Waals surface area contributed by atoms with Crippen LogP contribution in [0.3, 0.4) is 0 Å². The van der Waals surface area contributed by atoms with Crippen LogP contribution < -0.4 is 15.6 Å². The summed E-state index contributed by atoms with van der Waals surface area (Å²) >= 11 is 3.20. The quantitative estimate of drug-likeness (QED) is 0.784. The molecule has 1 atom stereocenters. The van der Waals surface area contributed by atoms with E-state index in [1.807, 2.05) is 0 Å². The van der Waals surface area contributed by atoms with Crippen LogP contribution in [-0.4, -0.2) is 31.6 Å². The molecule has 0 bridgehead atoms. The highest BCUT2D eigenvalue weighted by atomic mass is 79.9. The second kappa shape index (κ2) is 5.06. The summed E-state index contributed by atoms with van der Waals surface area (Å²) in [6, 6.07) is 1.52. The summed E-state index contributed by atoms with van der Waals surface area (Å²) in [7, 11) is -3.63. The van der Waals surface area contributed by atoms with Crippen molar-refractivity contribution >= 4 is 37.5 Å². The summed E-state index contributed by atoms with van der Waals surface area (Å²) in [4.78, 5) is 27.3. The monoisotopic (exact) mass is 349 g/mol. The van der Waals surface area contributed by atoms with Crippen molar-refractivity contribution in [3.63, 3.8) is 0 Å². The first-order valence-corrected chi connectivity index (χ1v) is 7.96. The minimum atomic E-state index is -3.63. The molecule has 0 spiro atoms. The molecule has 1 unspecified atom stereocenters. The van der Waals surface area contributed by atoms with E-state index >= 15 is 0 Å². The highest BCUT2D eigenvalue weighted by Gasteiger charge is 2.33. The summed E-state index contributed by atoms with van der Waals surface area (Å²) in [5.41, 5.74) is -0.191. The van der Waals surface area contributed by atoms with Gasteiger partial charge in [-0.15, -0.1) is 0 Å². The van der Waals surface area contributed by atoms with Crippen molar-refractivity contribution in [1.82, 2.24) is 4.98 Å². The van der Waals surface area contributed by atoms with Gasteiger partial charge in [0.15, 0.2) is 0 Å². The van der Waals surface area contributed by atoms with Gasteiger partial charge in [0.1, 0.15) is 5.69 Å². The fourth-order valence-corrected chi connectivity index (χ4v) is 3.31. The van der Waals surface area contributed by atoms with Crippen LogP contribution in [0.1, 0.15) is 6.42 Å². The van der Waals surface area contributed by atoms with Crippen LogP contribution in [-0.2, 0) is 14.8 Å². The fraction of sp³-hybridized carbons (Fsp3) is 0.400. The zero-order valence-electron chi connectivity index (χ0n) is 9.80. The number of nitrogens with two attached hydrogens (primary N) is 1. The zero-order valence-corrected chi connectivity index (χ0v) is 12.2. The van der Waals surface area contributed by atoms with E-state index in [9.17, 15) is 18.0 Å². The summed E-state index contributed by atoms with van der Waals surface area (Å²) in [6.07, 6.45) is 1.54. The molecule has 1 aromatic heterocycles. The van der Waals surface area contributed by atoms with Crippen molar-refractivity contribution in [3.05, 3.63) is 27.1 Å². The summed E-state index contributed by atoms with van der Waals surface area (Å²) < 4.78 is 22.7. The lowest BCUT2D eigenvalue weighted by Gasteiger charge is -2.15. The smallest absolute Gasteiger partial charge is 0.271 e. The van der Waals surface area contributed by atoms with E-state index in [0.717, 1.165) is 0 Å². The lowest BCUT2D eigenvalue weighted by molar-refractivity contribution is -0.117. The third-order valence-electron chi connectivity index (χ3n) is 2.81. The van der Waals surface area contributed by atoms with E-state index < -0.39 is 15.6 Å². The van der Waals surface area contributed by atoms with Crippen LogP contribution in [0.25, 0.3) is 0 Å². The third kappa shape index (κ3) is 3.43. The Balaban J connectivity index is 2.25. The average Bonchev–Trinajstić information content (AvgIpc) is 2.60. The molecule has 2 heterocycles. The maximum atomic E-state index is 11.9. The molecule has 2 rings (SSSR count). The number of halogens is 1. The molecule has 0 aliphatic carbocycles. The third-order valence-corrected chi connectivity index (χ3v) is 4.21. The topological polar surface area (TPSA) is 113 Å². The van der Waals surface area contributed by atoms with Gasteiger partial charge < -0.3 is 9.88 Å². The van der Waals surface area contributed by atoms with E-state index in [-0.39, 0.29) is 36.2 Å². The number of primary sulfonamides is 1. The first-order valence-electron chi connectivity index (χ1n) is 5.45. The van der Waals surface area contributed by atoms with Crippen molar-refractivity contribution in [1.29, 1.82) is 0 Å². The molecule has 1 amide bonds. The molecule has 0 aromatic carbocycles. The van der Waals surface area contributed by atoms with Crippen LogP contribution >= 0.6 is 15.9 Å². The number of H-pyrrole nitrogens is 1. The molecule has 0 saturated carbocycles. The lowest BCUT2D eigenvalue weighted by atomic mass is 10.1. The average molecular weight is 350 g/mol. The standard InChI is InChI=1S/C10H12BrN3O4S/c11-7-2-8(10(16)13-3-7)14-4-6(1-9(14)15)5-19(12,17)18/h2-3,6H,1,4-5H2,(H,13,16)(H2,12,17,18). The van der Waals surface area contributed by atoms with Crippen LogP contribution in [0.5, 0.6) is 0 Å². The number of sulfonamides is 1. The molecule has 7 nitrogen and oxygen atoms in total. The maximum Gasteiger partial charge on any atom is 0.271 e. The second-order valence-electron chi connectivity index (χ2n) is 4.44. The molecular weight excluding hydrogens is 338 g/mol. The molecule has 1 saturated heterocycles. The van der Waals surface area contributed by atoms with Crippen LogP contribution in [0, 0.1) is 5.92 Å². The molecule has 1 fully saturated rings. The van der Waals surface area contributed by atoms with E-state index in [2.05, 4.69) is 20.9 Å². The summed E-state index contributed by atoms with van der Waals surface area (Å²) in [6.45, 7) is 0.175. The van der Waals surface area contributed by atoms with E-state index in [1.54, 1.807) is 0 Å². The normalized spacial score (nSPS) is 20.0. The van der Waals surface area contributed by atoms with Gasteiger partial charge in [0, 0.05) is 29.6 Å². The molecule has 1 aliphatic heterocycles. The summed E-state index contributed by atoms with van der Waals surface area (Å²) in [5, 5.41) is 4.97. The Labute approximate surface area is 118 Å². The van der Waals surface area contributed by atoms with Gasteiger partial charge in [0.25, 0.3) is 5.56 Å². The number of hydrogen-bond donors (Lipinski definition) is 2. The summed E-state index contributed by atoms with van der Waals surface area (Å²) in [5.74, 6) is -0.931. The predicted molar refractivity (Wildman–Crippen MR) is 73.2 cm³/mol. The number of carbonyl (C=O) groups is 1. The number of nitrogens with zero attached hydrogens (tertiary/aromatic N) is 1. The van der Waals surface area contributed by atoms with Gasteiger partial charge in [0.05, 0.1) is 5.75 Å². The molecule has 0 radical (unpaired) electrons. The van der Waals surface area contributed by atoms with Gasteiger partial charge >= 0.3 is 0 Å². The number of pyridine rings is 1. The minimum absolute atomic E-state index is 0.0718. The molecule has 9 heteroatoms. The van der Waals surface area contributed by atoms with Gasteiger partial charge in [-0.25, -0.2) is 13.6 Å². The van der Waals surface area contributed by atoms with Gasteiger partial charge in [0.2, 0.25) is 15.9 Å². The van der Waals surface area contributed by atoms with Crippen LogP contribution in [0.2, 0.25) is 0 Å². The molecule has 1 aromatic rings. The number of nitrogens with one attached hydrogen (secondary N) is 1. The van der Waals surface area contributed by atoms with Crippen molar-refractivity contribution in [3.8, 4) is 0 Å². The zero-order chi connectivity index (χ0) is 14.2. The number of rotatable bonds is 3. The largest absolute Gasteiger partial charge is 0.326 e. The number of amides is 1. The molecule has 19 heavy (non-hydrogen) atoms. The minimum Gasteiger partial charge on any atom is -0.326 e. The van der Waals surface area contributed by atoms with Gasteiger partial charge in [-0.3, -0.25) is 9.59 Å². The first-order chi connectivity index (χ1) is 8.76. The highest BCUT2D eigenvalue weighted by Crippen LogP contribution is 2.24. The van der Waals surface area contributed by atoms with Gasteiger partial charge in [-0.05, 0) is 22.0 Å². The number of anilines is 1. The second-order valence-corrected chi connectivity index (χ2v) is 7.01. The Morgan fingerprint density at radius 2 is 2.16 bits per heavy atom. The maximum absolute atomic E-state index is 11.9. The van der Waals surface area contributed by atoms with Gasteiger partial charge in [-0.2, -0.15) is 0 Å². The lowest BCUT2D eigenvalue weighted by Crippen LogP contribution is -2.31. The van der Waals surface area contributed by atoms with E-state index in [0.29, 0.717) is 4.47 Å². The SMILES string of the molecule is NS(=O)(=O)CC1CC(=O)N(c2cc(Br)c[nH]c2=O)C1. The molecule has 104 valence electrons. The highest BCUT2D eigenvalue weighted by molar-refractivity contribution is 9.10. The van der Waals surface area contributed by atoms with Crippen LogP contribution in [0.15, 0.2) is 21.5 Å². The number of hydrogen-bond acceptors (Lipinski definition) is 4. The van der Waals surface area contributed by atoms with Crippen molar-refractivity contribution in [2.45, 2.75) is 6.42 Å². The Bertz CT molecular complexity index is 670. The van der Waals surface area contributed by atoms with Crippen molar-refractivity contribution in [2.24, 2.45) is 11.1 Å². The number of aromatic nitrogens is 1. The van der Waals surface area contributed by atoms with Crippen LogP contribution in [0.4, 0.5) is 5.69 Å². The first kappa shape index (κ1) is 14.2. The van der Waals surface area contributed by atoms with Crippen molar-refractivity contribution in [2.75, 3.05) is 17.2 Å². The number of aromatic amines is 1. The molecule has 1 aliphatic rings. The molecular formula is C10H12BrN3O4S. The predicted octanol–water partition coefficient (Wildman–Crippen LogP) is -0.221. The Kier molecular flexibility index (Phi) is 3.79. The Morgan fingerprint density at radius 1 is 1.47 bits per heavy atom. The Morgan fingerprint density at radius 3 is 2.79 bits per heavy atom. The van der Waals surface area contributed by atoms with E-state index in [1.165, 1.54) is 17.2 Å². The Hall–Kier alpha value is -1.19. The fourth-order valence-electron chi connectivity index (χ4n) is 2.10. The van der Waals surface area contributed by atoms with Gasteiger partial charge in [-0.1, -0.05) is 0 Å². The number of carbonyl (C=O) groups excluding carboxylic acids is 1.